The summed E-state index contributed by atoms with van der Waals surface area (Å²) in [5.74, 6) is 1.71. The predicted molar refractivity (Wildman–Crippen MR) is 69.4 cm³/mol. The van der Waals surface area contributed by atoms with Crippen LogP contribution in [0.4, 0.5) is 0 Å². The summed E-state index contributed by atoms with van der Waals surface area (Å²) < 4.78 is 0. The summed E-state index contributed by atoms with van der Waals surface area (Å²) in [4.78, 5) is 2.60. The molecule has 1 aromatic carbocycles. The van der Waals surface area contributed by atoms with Crippen molar-refractivity contribution < 1.29 is 0 Å². The van der Waals surface area contributed by atoms with Gasteiger partial charge in [0.1, 0.15) is 0 Å². The van der Waals surface area contributed by atoms with Gasteiger partial charge < -0.3 is 0 Å². The zero-order chi connectivity index (χ0) is 11.5. The summed E-state index contributed by atoms with van der Waals surface area (Å²) in [5, 5.41) is 0. The van der Waals surface area contributed by atoms with E-state index in [1.165, 1.54) is 30.6 Å². The highest BCUT2D eigenvalue weighted by atomic mass is 15.1. The average molecular weight is 217 g/mol. The van der Waals surface area contributed by atoms with Gasteiger partial charge in [0, 0.05) is 19.6 Å². The molecule has 0 amide bonds. The minimum absolute atomic E-state index is 0.855. The highest BCUT2D eigenvalue weighted by Gasteiger charge is 2.21. The second-order valence-corrected chi connectivity index (χ2v) is 5.63. The summed E-state index contributed by atoms with van der Waals surface area (Å²) in [5.41, 5.74) is 2.83. The van der Waals surface area contributed by atoms with Gasteiger partial charge in [-0.25, -0.2) is 0 Å². The Balaban J connectivity index is 1.98. The molecule has 0 radical (unpaired) electrons. The average Bonchev–Trinajstić information content (AvgIpc) is 2.15. The van der Waals surface area contributed by atoms with Crippen LogP contribution in [0.1, 0.15) is 31.4 Å². The Labute approximate surface area is 99.5 Å². The number of likely N-dealkylation sites (tertiary alicyclic amines) is 1. The van der Waals surface area contributed by atoms with Crippen LogP contribution in [0.3, 0.4) is 0 Å². The molecule has 1 aliphatic rings. The minimum atomic E-state index is 0.855. The molecule has 1 fully saturated rings. The maximum atomic E-state index is 2.60. The van der Waals surface area contributed by atoms with Gasteiger partial charge in [-0.3, -0.25) is 4.90 Å². The molecule has 2 rings (SSSR count). The number of rotatable bonds is 2. The second kappa shape index (κ2) is 5.01. The molecule has 16 heavy (non-hydrogen) atoms. The Morgan fingerprint density at radius 2 is 1.88 bits per heavy atom. The number of piperidine rings is 1. The fraction of sp³-hybridized carbons (Fsp3) is 0.600. The van der Waals surface area contributed by atoms with Gasteiger partial charge in [-0.2, -0.15) is 0 Å². The molecule has 0 spiro atoms. The van der Waals surface area contributed by atoms with Crippen molar-refractivity contribution in [1.29, 1.82) is 0 Å². The van der Waals surface area contributed by atoms with E-state index in [1.807, 2.05) is 0 Å². The number of hydrogen-bond acceptors (Lipinski definition) is 1. The molecule has 0 aromatic heterocycles. The number of benzene rings is 1. The molecule has 2 atom stereocenters. The second-order valence-electron chi connectivity index (χ2n) is 5.63. The van der Waals surface area contributed by atoms with Crippen molar-refractivity contribution in [2.45, 2.75) is 33.7 Å². The molecule has 1 heteroatoms. The number of aryl methyl sites for hydroxylation is 1. The Morgan fingerprint density at radius 1 is 1.19 bits per heavy atom. The first-order valence-electron chi connectivity index (χ1n) is 6.41. The zero-order valence-electron chi connectivity index (χ0n) is 10.7. The third-order valence-corrected chi connectivity index (χ3v) is 3.43. The predicted octanol–water partition coefficient (Wildman–Crippen LogP) is 3.47. The van der Waals surface area contributed by atoms with Gasteiger partial charge in [-0.1, -0.05) is 43.7 Å². The SMILES string of the molecule is Cc1cccc(CN2CC(C)CC(C)C2)c1. The molecule has 0 saturated carbocycles. The van der Waals surface area contributed by atoms with Crippen molar-refractivity contribution in [2.75, 3.05) is 13.1 Å². The van der Waals surface area contributed by atoms with Crippen molar-refractivity contribution >= 4 is 0 Å². The lowest BCUT2D eigenvalue weighted by atomic mass is 9.91. The van der Waals surface area contributed by atoms with Gasteiger partial charge in [0.25, 0.3) is 0 Å². The van der Waals surface area contributed by atoms with Crippen LogP contribution in [0.25, 0.3) is 0 Å². The smallest absolute Gasteiger partial charge is 0.0234 e. The van der Waals surface area contributed by atoms with Crippen molar-refractivity contribution in [2.24, 2.45) is 11.8 Å². The minimum Gasteiger partial charge on any atom is -0.299 e. The molecule has 1 aromatic rings. The topological polar surface area (TPSA) is 3.24 Å². The van der Waals surface area contributed by atoms with E-state index in [1.54, 1.807) is 0 Å². The molecule has 0 bridgehead atoms. The molecule has 2 unspecified atom stereocenters. The maximum absolute atomic E-state index is 2.60. The quantitative estimate of drug-likeness (QED) is 0.733. The molecule has 1 nitrogen and oxygen atoms in total. The monoisotopic (exact) mass is 217 g/mol. The van der Waals surface area contributed by atoms with Crippen molar-refractivity contribution in [1.82, 2.24) is 4.90 Å². The highest BCUT2D eigenvalue weighted by molar-refractivity contribution is 5.22. The van der Waals surface area contributed by atoms with Gasteiger partial charge >= 0.3 is 0 Å². The van der Waals surface area contributed by atoms with Gasteiger partial charge in [-0.05, 0) is 30.7 Å². The molecule has 88 valence electrons. The standard InChI is InChI=1S/C15H23N/c1-12-5-4-6-15(8-12)11-16-9-13(2)7-14(3)10-16/h4-6,8,13-14H,7,9-11H2,1-3H3. The molecular formula is C15H23N. The third-order valence-electron chi connectivity index (χ3n) is 3.43. The lowest BCUT2D eigenvalue weighted by molar-refractivity contribution is 0.134. The van der Waals surface area contributed by atoms with Crippen molar-refractivity contribution in [3.8, 4) is 0 Å². The lowest BCUT2D eigenvalue weighted by Gasteiger charge is -2.35. The Bertz CT molecular complexity index is 335. The number of hydrogen-bond donors (Lipinski definition) is 0. The van der Waals surface area contributed by atoms with Crippen LogP contribution >= 0.6 is 0 Å². The van der Waals surface area contributed by atoms with E-state index in [0.29, 0.717) is 0 Å². The zero-order valence-corrected chi connectivity index (χ0v) is 10.7. The normalized spacial score (nSPS) is 26.9. The Morgan fingerprint density at radius 3 is 2.50 bits per heavy atom. The summed E-state index contributed by atoms with van der Waals surface area (Å²) in [6.45, 7) is 10.6. The van der Waals surface area contributed by atoms with Crippen LogP contribution in [0.5, 0.6) is 0 Å². The van der Waals surface area contributed by atoms with E-state index in [9.17, 15) is 0 Å². The summed E-state index contributed by atoms with van der Waals surface area (Å²) in [6, 6.07) is 8.90. The first-order valence-corrected chi connectivity index (χ1v) is 6.41. The van der Waals surface area contributed by atoms with Gasteiger partial charge in [0.15, 0.2) is 0 Å². The van der Waals surface area contributed by atoms with Gasteiger partial charge in [0.05, 0.1) is 0 Å². The van der Waals surface area contributed by atoms with Crippen LogP contribution in [-0.4, -0.2) is 18.0 Å². The maximum Gasteiger partial charge on any atom is 0.0234 e. The fourth-order valence-electron chi connectivity index (χ4n) is 2.99. The largest absolute Gasteiger partial charge is 0.299 e. The van der Waals surface area contributed by atoms with Crippen LogP contribution in [0.2, 0.25) is 0 Å². The first-order chi connectivity index (χ1) is 7.63. The lowest BCUT2D eigenvalue weighted by Crippen LogP contribution is -2.38. The van der Waals surface area contributed by atoms with Gasteiger partial charge in [0.2, 0.25) is 0 Å². The van der Waals surface area contributed by atoms with Crippen LogP contribution < -0.4 is 0 Å². The highest BCUT2D eigenvalue weighted by Crippen LogP contribution is 2.22. The summed E-state index contributed by atoms with van der Waals surface area (Å²) in [7, 11) is 0. The van der Waals surface area contributed by atoms with Crippen molar-refractivity contribution in [3.63, 3.8) is 0 Å². The molecule has 1 aliphatic heterocycles. The van der Waals surface area contributed by atoms with E-state index in [0.717, 1.165) is 18.4 Å². The van der Waals surface area contributed by atoms with Crippen LogP contribution in [-0.2, 0) is 6.54 Å². The van der Waals surface area contributed by atoms with E-state index < -0.39 is 0 Å². The fourth-order valence-corrected chi connectivity index (χ4v) is 2.99. The van der Waals surface area contributed by atoms with Gasteiger partial charge in [-0.15, -0.1) is 0 Å². The van der Waals surface area contributed by atoms with E-state index in [4.69, 9.17) is 0 Å². The Kier molecular flexibility index (Phi) is 3.65. The Hall–Kier alpha value is -0.820. The van der Waals surface area contributed by atoms with Crippen LogP contribution in [0, 0.1) is 18.8 Å². The van der Waals surface area contributed by atoms with E-state index in [-0.39, 0.29) is 0 Å². The molecule has 0 N–H and O–H groups in total. The molecule has 1 heterocycles. The summed E-state index contributed by atoms with van der Waals surface area (Å²) in [6.07, 6.45) is 1.39. The van der Waals surface area contributed by atoms with Crippen LogP contribution in [0.15, 0.2) is 24.3 Å². The van der Waals surface area contributed by atoms with E-state index >= 15 is 0 Å². The van der Waals surface area contributed by atoms with E-state index in [2.05, 4.69) is 49.9 Å². The summed E-state index contributed by atoms with van der Waals surface area (Å²) >= 11 is 0. The molecule has 0 aliphatic carbocycles. The van der Waals surface area contributed by atoms with Crippen molar-refractivity contribution in [3.05, 3.63) is 35.4 Å². The molecular weight excluding hydrogens is 194 g/mol. The molecule has 1 saturated heterocycles. The number of nitrogens with zero attached hydrogens (tertiary/aromatic N) is 1. The first kappa shape index (κ1) is 11.7. The third kappa shape index (κ3) is 3.08.